The number of rotatable bonds is 3. The van der Waals surface area contributed by atoms with Gasteiger partial charge < -0.3 is 16.4 Å². The predicted molar refractivity (Wildman–Crippen MR) is 95.5 cm³/mol. The summed E-state index contributed by atoms with van der Waals surface area (Å²) in [6.45, 7) is 0. The van der Waals surface area contributed by atoms with E-state index in [-0.39, 0.29) is 6.03 Å². The van der Waals surface area contributed by atoms with Crippen molar-refractivity contribution in [3.63, 3.8) is 0 Å². The summed E-state index contributed by atoms with van der Waals surface area (Å²) in [5, 5.41) is 10.9. The summed E-state index contributed by atoms with van der Waals surface area (Å²) in [6.07, 6.45) is 7.55. The number of carbonyl (C=O) groups excluding carboxylic acids is 1. The summed E-state index contributed by atoms with van der Waals surface area (Å²) in [4.78, 5) is 20.2. The van der Waals surface area contributed by atoms with Crippen LogP contribution in [0.2, 0.25) is 0 Å². The second kappa shape index (κ2) is 6.39. The maximum absolute atomic E-state index is 12.0. The summed E-state index contributed by atoms with van der Waals surface area (Å²) in [5.74, 6) is 0.401. The molecule has 0 bridgehead atoms. The molecule has 1 aliphatic rings. The Morgan fingerprint density at radius 3 is 2.68 bits per heavy atom. The average Bonchev–Trinajstić information content (AvgIpc) is 3.26. The molecule has 128 valence electrons. The molecule has 1 saturated carbocycles. The van der Waals surface area contributed by atoms with E-state index >= 15 is 0 Å². The number of aromatic nitrogens is 4. The number of amides is 2. The highest BCUT2D eigenvalue weighted by molar-refractivity contribution is 5.89. The molecule has 1 aliphatic carbocycles. The van der Waals surface area contributed by atoms with Crippen molar-refractivity contribution < 1.29 is 4.79 Å². The number of urea groups is 1. The van der Waals surface area contributed by atoms with E-state index in [1.54, 1.807) is 10.9 Å². The van der Waals surface area contributed by atoms with Gasteiger partial charge in [0.2, 0.25) is 0 Å². The van der Waals surface area contributed by atoms with Crippen LogP contribution in [0.4, 0.5) is 16.3 Å². The third kappa shape index (κ3) is 3.10. The summed E-state index contributed by atoms with van der Waals surface area (Å²) in [5.41, 5.74) is 8.04. The minimum Gasteiger partial charge on any atom is -0.383 e. The van der Waals surface area contributed by atoms with Crippen LogP contribution in [0.15, 0.2) is 36.8 Å². The van der Waals surface area contributed by atoms with Crippen molar-refractivity contribution in [3.05, 3.63) is 36.8 Å². The van der Waals surface area contributed by atoms with E-state index in [2.05, 4.69) is 25.7 Å². The Hall–Kier alpha value is -3.16. The number of nitrogen functional groups attached to an aromatic ring is 1. The molecular formula is C17H19N7O. The minimum atomic E-state index is -0.162. The van der Waals surface area contributed by atoms with Crippen LogP contribution >= 0.6 is 0 Å². The maximum Gasteiger partial charge on any atom is 0.319 e. The van der Waals surface area contributed by atoms with Crippen molar-refractivity contribution in [1.29, 1.82) is 0 Å². The number of fused-ring (bicyclic) bond motifs is 1. The number of carbonyl (C=O) groups is 1. The van der Waals surface area contributed by atoms with E-state index in [4.69, 9.17) is 5.73 Å². The number of hydrogen-bond donors (Lipinski definition) is 3. The Morgan fingerprint density at radius 1 is 1.16 bits per heavy atom. The summed E-state index contributed by atoms with van der Waals surface area (Å²) < 4.78 is 1.69. The van der Waals surface area contributed by atoms with Crippen molar-refractivity contribution in [2.45, 2.75) is 31.7 Å². The molecule has 0 aliphatic heterocycles. The van der Waals surface area contributed by atoms with Gasteiger partial charge in [0.1, 0.15) is 12.1 Å². The molecule has 1 fully saturated rings. The van der Waals surface area contributed by atoms with Gasteiger partial charge >= 0.3 is 6.03 Å². The molecule has 1 aromatic carbocycles. The highest BCUT2D eigenvalue weighted by Crippen LogP contribution is 2.21. The summed E-state index contributed by atoms with van der Waals surface area (Å²) >= 11 is 0. The van der Waals surface area contributed by atoms with Crippen molar-refractivity contribution in [2.24, 2.45) is 0 Å². The molecule has 0 unspecified atom stereocenters. The van der Waals surface area contributed by atoms with E-state index in [1.165, 1.54) is 19.2 Å². The Morgan fingerprint density at radius 2 is 1.92 bits per heavy atom. The molecule has 2 heterocycles. The van der Waals surface area contributed by atoms with E-state index in [9.17, 15) is 4.79 Å². The molecule has 0 saturated heterocycles. The van der Waals surface area contributed by atoms with Gasteiger partial charge in [-0.25, -0.2) is 19.4 Å². The molecule has 0 atom stereocenters. The van der Waals surface area contributed by atoms with Crippen LogP contribution in [0.25, 0.3) is 16.7 Å². The molecule has 2 amide bonds. The molecule has 4 rings (SSSR count). The van der Waals surface area contributed by atoms with Crippen molar-refractivity contribution in [3.8, 4) is 5.69 Å². The SMILES string of the molecule is Nc1ncnc2c1cnn2-c1ccc(NC(=O)NC2CCCC2)cc1. The Balaban J connectivity index is 1.49. The van der Waals surface area contributed by atoms with Gasteiger partial charge in [-0.3, -0.25) is 0 Å². The molecule has 25 heavy (non-hydrogen) atoms. The lowest BCUT2D eigenvalue weighted by Gasteiger charge is -2.13. The number of nitrogens with two attached hydrogens (primary N) is 1. The second-order valence-electron chi connectivity index (χ2n) is 6.18. The lowest BCUT2D eigenvalue weighted by Crippen LogP contribution is -2.36. The molecule has 8 nitrogen and oxygen atoms in total. The largest absolute Gasteiger partial charge is 0.383 e. The van der Waals surface area contributed by atoms with Crippen molar-refractivity contribution in [2.75, 3.05) is 11.1 Å². The molecule has 3 aromatic rings. The maximum atomic E-state index is 12.0. The lowest BCUT2D eigenvalue weighted by molar-refractivity contribution is 0.248. The Kier molecular flexibility index (Phi) is 3.93. The van der Waals surface area contributed by atoms with Crippen LogP contribution < -0.4 is 16.4 Å². The van der Waals surface area contributed by atoms with Gasteiger partial charge in [-0.2, -0.15) is 5.10 Å². The van der Waals surface area contributed by atoms with Crippen LogP contribution in [-0.4, -0.2) is 31.8 Å². The first kappa shape index (κ1) is 15.4. The first-order valence-electron chi connectivity index (χ1n) is 8.33. The van der Waals surface area contributed by atoms with Crippen LogP contribution in [0.3, 0.4) is 0 Å². The van der Waals surface area contributed by atoms with Crippen LogP contribution in [0.1, 0.15) is 25.7 Å². The van der Waals surface area contributed by atoms with Crippen LogP contribution in [-0.2, 0) is 0 Å². The average molecular weight is 337 g/mol. The lowest BCUT2D eigenvalue weighted by atomic mass is 10.2. The zero-order valence-corrected chi connectivity index (χ0v) is 13.6. The number of anilines is 2. The van der Waals surface area contributed by atoms with Gasteiger partial charge in [0.05, 0.1) is 17.3 Å². The summed E-state index contributed by atoms with van der Waals surface area (Å²) in [6, 6.07) is 7.54. The predicted octanol–water partition coefficient (Wildman–Crippen LogP) is 2.46. The molecular weight excluding hydrogens is 318 g/mol. The normalized spacial score (nSPS) is 14.7. The fourth-order valence-electron chi connectivity index (χ4n) is 3.16. The standard InChI is InChI=1S/C17H19N7O/c18-15-14-9-21-24(16(14)20-10-19-15)13-7-5-12(6-8-13)23-17(25)22-11-3-1-2-4-11/h5-11H,1-4H2,(H2,18,19,20)(H2,22,23,25). The molecule has 8 heteroatoms. The van der Waals surface area contributed by atoms with E-state index in [0.29, 0.717) is 22.9 Å². The smallest absolute Gasteiger partial charge is 0.319 e. The monoisotopic (exact) mass is 337 g/mol. The highest BCUT2D eigenvalue weighted by Gasteiger charge is 2.17. The minimum absolute atomic E-state index is 0.162. The van der Waals surface area contributed by atoms with Gasteiger partial charge in [-0.05, 0) is 37.1 Å². The van der Waals surface area contributed by atoms with Crippen LogP contribution in [0.5, 0.6) is 0 Å². The molecule has 0 radical (unpaired) electrons. The molecule has 0 spiro atoms. The van der Waals surface area contributed by atoms with Gasteiger partial charge in [0, 0.05) is 11.7 Å². The van der Waals surface area contributed by atoms with Crippen molar-refractivity contribution >= 4 is 28.6 Å². The Bertz CT molecular complexity index is 897. The zero-order valence-electron chi connectivity index (χ0n) is 13.6. The van der Waals surface area contributed by atoms with Crippen LogP contribution in [0, 0.1) is 0 Å². The fourth-order valence-corrected chi connectivity index (χ4v) is 3.16. The third-order valence-electron chi connectivity index (χ3n) is 4.46. The van der Waals surface area contributed by atoms with Gasteiger partial charge in [0.15, 0.2) is 5.65 Å². The first-order chi connectivity index (χ1) is 12.2. The highest BCUT2D eigenvalue weighted by atomic mass is 16.2. The van der Waals surface area contributed by atoms with E-state index in [0.717, 1.165) is 24.2 Å². The number of nitrogens with zero attached hydrogens (tertiary/aromatic N) is 4. The topological polar surface area (TPSA) is 111 Å². The Labute approximate surface area is 144 Å². The first-order valence-corrected chi connectivity index (χ1v) is 8.33. The zero-order chi connectivity index (χ0) is 17.2. The number of nitrogens with one attached hydrogen (secondary N) is 2. The van der Waals surface area contributed by atoms with Crippen molar-refractivity contribution in [1.82, 2.24) is 25.1 Å². The summed E-state index contributed by atoms with van der Waals surface area (Å²) in [7, 11) is 0. The van der Waals surface area contributed by atoms with E-state index in [1.807, 2.05) is 24.3 Å². The third-order valence-corrected chi connectivity index (χ3v) is 4.46. The molecule has 4 N–H and O–H groups in total. The van der Waals surface area contributed by atoms with Gasteiger partial charge in [-0.15, -0.1) is 0 Å². The quantitative estimate of drug-likeness (QED) is 0.680. The van der Waals surface area contributed by atoms with Gasteiger partial charge in [-0.1, -0.05) is 12.8 Å². The number of hydrogen-bond acceptors (Lipinski definition) is 5. The number of benzene rings is 1. The second-order valence-corrected chi connectivity index (χ2v) is 6.18. The van der Waals surface area contributed by atoms with E-state index < -0.39 is 0 Å². The molecule has 2 aromatic heterocycles. The fraction of sp³-hybridized carbons (Fsp3) is 0.294. The van der Waals surface area contributed by atoms with Gasteiger partial charge in [0.25, 0.3) is 0 Å².